The van der Waals surface area contributed by atoms with Gasteiger partial charge in [0.1, 0.15) is 11.5 Å². The zero-order valence-corrected chi connectivity index (χ0v) is 10.7. The average Bonchev–Trinajstić information content (AvgIpc) is 2.64. The Hall–Kier alpha value is -1.69. The molecule has 0 atom stereocenters. The summed E-state index contributed by atoms with van der Waals surface area (Å²) in [7, 11) is 0. The number of hydrogen-bond acceptors (Lipinski definition) is 3. The number of aromatic nitrogens is 3. The second-order valence-electron chi connectivity index (χ2n) is 3.55. The molecule has 0 aliphatic carbocycles. The fourth-order valence-corrected chi connectivity index (χ4v) is 1.74. The number of aryl methyl sites for hydroxylation is 1. The summed E-state index contributed by atoms with van der Waals surface area (Å²) in [4.78, 5) is 19.2. The standard InChI is InChI=1S/C11H10BrN3O2/c1-7-13-5-10(11(16)17)15(7)6-9-3-2-8(12)4-14-9/h2-5H,6H2,1H3,(H,16,17). The van der Waals surface area contributed by atoms with Crippen molar-refractivity contribution in [1.29, 1.82) is 0 Å². The van der Waals surface area contributed by atoms with Gasteiger partial charge in [-0.3, -0.25) is 4.98 Å². The highest BCUT2D eigenvalue weighted by molar-refractivity contribution is 9.10. The summed E-state index contributed by atoms with van der Waals surface area (Å²) in [5.41, 5.74) is 0.962. The van der Waals surface area contributed by atoms with Crippen LogP contribution in [0.2, 0.25) is 0 Å². The molecule has 0 radical (unpaired) electrons. The predicted molar refractivity (Wildman–Crippen MR) is 65.0 cm³/mol. The van der Waals surface area contributed by atoms with Crippen LogP contribution in [0.3, 0.4) is 0 Å². The number of rotatable bonds is 3. The first-order chi connectivity index (χ1) is 8.08. The third kappa shape index (κ3) is 2.52. The van der Waals surface area contributed by atoms with E-state index in [2.05, 4.69) is 25.9 Å². The Kier molecular flexibility index (Phi) is 3.23. The fourth-order valence-electron chi connectivity index (χ4n) is 1.50. The van der Waals surface area contributed by atoms with Crippen LogP contribution < -0.4 is 0 Å². The maximum atomic E-state index is 11.0. The minimum Gasteiger partial charge on any atom is -0.477 e. The third-order valence-corrected chi connectivity index (χ3v) is 2.85. The molecule has 2 aromatic heterocycles. The maximum absolute atomic E-state index is 11.0. The number of imidazole rings is 1. The van der Waals surface area contributed by atoms with Gasteiger partial charge in [0.15, 0.2) is 0 Å². The highest BCUT2D eigenvalue weighted by Gasteiger charge is 2.13. The molecule has 1 N–H and O–H groups in total. The molecule has 6 heteroatoms. The molecule has 2 aromatic rings. The molecule has 0 spiro atoms. The first kappa shape index (κ1) is 11.8. The largest absolute Gasteiger partial charge is 0.477 e. The summed E-state index contributed by atoms with van der Waals surface area (Å²) < 4.78 is 2.51. The molecule has 0 fully saturated rings. The monoisotopic (exact) mass is 295 g/mol. The van der Waals surface area contributed by atoms with Gasteiger partial charge in [-0.15, -0.1) is 0 Å². The molecule has 0 aliphatic heterocycles. The third-order valence-electron chi connectivity index (χ3n) is 2.38. The van der Waals surface area contributed by atoms with Gasteiger partial charge in [0.2, 0.25) is 0 Å². The van der Waals surface area contributed by atoms with E-state index in [1.54, 1.807) is 17.7 Å². The topological polar surface area (TPSA) is 68.0 Å². The van der Waals surface area contributed by atoms with Gasteiger partial charge in [-0.2, -0.15) is 0 Å². The smallest absolute Gasteiger partial charge is 0.354 e. The molecule has 5 nitrogen and oxygen atoms in total. The summed E-state index contributed by atoms with van der Waals surface area (Å²) in [6.07, 6.45) is 3.04. The summed E-state index contributed by atoms with van der Waals surface area (Å²) in [5, 5.41) is 9.01. The normalized spacial score (nSPS) is 10.5. The van der Waals surface area contributed by atoms with Gasteiger partial charge in [0.25, 0.3) is 0 Å². The number of hydrogen-bond donors (Lipinski definition) is 1. The van der Waals surface area contributed by atoms with Crippen molar-refractivity contribution in [2.24, 2.45) is 0 Å². The van der Waals surface area contributed by atoms with Crippen LogP contribution >= 0.6 is 15.9 Å². The summed E-state index contributed by atoms with van der Waals surface area (Å²) in [5.74, 6) is -0.324. The molecule has 17 heavy (non-hydrogen) atoms. The molecule has 2 heterocycles. The van der Waals surface area contributed by atoms with E-state index >= 15 is 0 Å². The van der Waals surface area contributed by atoms with Crippen molar-refractivity contribution in [2.75, 3.05) is 0 Å². The lowest BCUT2D eigenvalue weighted by molar-refractivity contribution is 0.0685. The Bertz CT molecular complexity index is 548. The van der Waals surface area contributed by atoms with Crippen molar-refractivity contribution in [2.45, 2.75) is 13.5 Å². The minimum atomic E-state index is -0.984. The fraction of sp³-hybridized carbons (Fsp3) is 0.182. The van der Waals surface area contributed by atoms with Gasteiger partial charge in [-0.05, 0) is 35.0 Å². The Balaban J connectivity index is 2.32. The van der Waals surface area contributed by atoms with Gasteiger partial charge in [0, 0.05) is 10.7 Å². The van der Waals surface area contributed by atoms with Crippen LogP contribution in [0.5, 0.6) is 0 Å². The summed E-state index contributed by atoms with van der Waals surface area (Å²) in [6.45, 7) is 2.17. The zero-order chi connectivity index (χ0) is 12.4. The van der Waals surface area contributed by atoms with Crippen LogP contribution in [0.25, 0.3) is 0 Å². The first-order valence-corrected chi connectivity index (χ1v) is 5.73. The van der Waals surface area contributed by atoms with Crippen LogP contribution in [0.4, 0.5) is 0 Å². The molecule has 0 bridgehead atoms. The molecule has 0 unspecified atom stereocenters. The molecule has 2 rings (SSSR count). The van der Waals surface area contributed by atoms with Crippen molar-refractivity contribution < 1.29 is 9.90 Å². The maximum Gasteiger partial charge on any atom is 0.354 e. The lowest BCUT2D eigenvalue weighted by Gasteiger charge is -2.07. The lowest BCUT2D eigenvalue weighted by atomic mass is 10.3. The number of carboxylic acids is 1. The lowest BCUT2D eigenvalue weighted by Crippen LogP contribution is -2.11. The van der Waals surface area contributed by atoms with Gasteiger partial charge in [-0.1, -0.05) is 0 Å². The van der Waals surface area contributed by atoms with E-state index in [1.807, 2.05) is 12.1 Å². The van der Waals surface area contributed by atoms with E-state index in [4.69, 9.17) is 5.11 Å². The Morgan fingerprint density at radius 1 is 1.41 bits per heavy atom. The minimum absolute atomic E-state index is 0.173. The number of aromatic carboxylic acids is 1. The zero-order valence-electron chi connectivity index (χ0n) is 9.09. The van der Waals surface area contributed by atoms with E-state index in [0.717, 1.165) is 10.2 Å². The van der Waals surface area contributed by atoms with Gasteiger partial charge in [-0.25, -0.2) is 9.78 Å². The van der Waals surface area contributed by atoms with Crippen molar-refractivity contribution >= 4 is 21.9 Å². The van der Waals surface area contributed by atoms with Crippen LogP contribution in [-0.4, -0.2) is 25.6 Å². The Morgan fingerprint density at radius 2 is 2.18 bits per heavy atom. The van der Waals surface area contributed by atoms with Crippen molar-refractivity contribution in [3.05, 3.63) is 46.2 Å². The van der Waals surface area contributed by atoms with E-state index in [0.29, 0.717) is 12.4 Å². The van der Waals surface area contributed by atoms with Gasteiger partial charge < -0.3 is 9.67 Å². The Labute approximate surface area is 106 Å². The van der Waals surface area contributed by atoms with Gasteiger partial charge >= 0.3 is 5.97 Å². The quantitative estimate of drug-likeness (QED) is 0.941. The van der Waals surface area contributed by atoms with Crippen LogP contribution in [0.1, 0.15) is 22.0 Å². The molecule has 0 saturated carbocycles. The first-order valence-electron chi connectivity index (χ1n) is 4.94. The van der Waals surface area contributed by atoms with Crippen molar-refractivity contribution in [1.82, 2.24) is 14.5 Å². The molecule has 88 valence electrons. The van der Waals surface area contributed by atoms with Crippen molar-refractivity contribution in [3.8, 4) is 0 Å². The molecular weight excluding hydrogens is 286 g/mol. The van der Waals surface area contributed by atoms with E-state index in [9.17, 15) is 4.79 Å². The summed E-state index contributed by atoms with van der Waals surface area (Å²) >= 11 is 3.30. The number of pyridine rings is 1. The Morgan fingerprint density at radius 3 is 2.76 bits per heavy atom. The molecule has 0 saturated heterocycles. The van der Waals surface area contributed by atoms with E-state index < -0.39 is 5.97 Å². The molecule has 0 amide bonds. The van der Waals surface area contributed by atoms with E-state index in [1.165, 1.54) is 6.20 Å². The molecule has 0 aliphatic rings. The highest BCUT2D eigenvalue weighted by Crippen LogP contribution is 2.11. The summed E-state index contributed by atoms with van der Waals surface area (Å²) in [6, 6.07) is 3.71. The van der Waals surface area contributed by atoms with Crippen LogP contribution in [0, 0.1) is 6.92 Å². The van der Waals surface area contributed by atoms with E-state index in [-0.39, 0.29) is 5.69 Å². The SMILES string of the molecule is Cc1ncc(C(=O)O)n1Cc1ccc(Br)cn1. The van der Waals surface area contributed by atoms with Crippen LogP contribution in [-0.2, 0) is 6.54 Å². The highest BCUT2D eigenvalue weighted by atomic mass is 79.9. The van der Waals surface area contributed by atoms with Crippen LogP contribution in [0.15, 0.2) is 29.0 Å². The second kappa shape index (κ2) is 4.67. The van der Waals surface area contributed by atoms with Crippen molar-refractivity contribution in [3.63, 3.8) is 0 Å². The predicted octanol–water partition coefficient (Wildman–Crippen LogP) is 2.10. The molecule has 0 aromatic carbocycles. The van der Waals surface area contributed by atoms with Gasteiger partial charge in [0.05, 0.1) is 18.4 Å². The average molecular weight is 296 g/mol. The number of nitrogens with zero attached hydrogens (tertiary/aromatic N) is 3. The molecular formula is C11H10BrN3O2. The number of carbonyl (C=O) groups is 1. The number of halogens is 1. The second-order valence-corrected chi connectivity index (χ2v) is 4.47. The number of carboxylic acid groups (broad SMARTS) is 1.